The highest BCUT2D eigenvalue weighted by Gasteiger charge is 2.24. The Labute approximate surface area is 131 Å². The minimum Gasteiger partial charge on any atom is -0.308 e. The van der Waals surface area contributed by atoms with Gasteiger partial charge in [0.05, 0.1) is 5.56 Å². The zero-order valence-electron chi connectivity index (χ0n) is 11.5. The number of aryl methyl sites for hydroxylation is 1. The van der Waals surface area contributed by atoms with Gasteiger partial charge in [-0.2, -0.15) is 0 Å². The molecule has 0 fully saturated rings. The van der Waals surface area contributed by atoms with Crippen molar-refractivity contribution in [2.24, 2.45) is 0 Å². The van der Waals surface area contributed by atoms with E-state index >= 15 is 0 Å². The zero-order chi connectivity index (χ0) is 14.8. The van der Waals surface area contributed by atoms with Gasteiger partial charge in [-0.25, -0.2) is 4.39 Å². The Hall–Kier alpha value is -1.68. The van der Waals surface area contributed by atoms with Crippen LogP contribution in [0.3, 0.4) is 0 Å². The maximum atomic E-state index is 14.0. The molecule has 3 rings (SSSR count). The first-order chi connectivity index (χ1) is 10.2. The lowest BCUT2D eigenvalue weighted by molar-refractivity contribution is 0.0983. The standard InChI is InChI=1S/C17H15BrFNO/c18-13-8-9-15(19)14(11-13)17(21)20-10-4-3-6-12-5-1-2-7-16(12)20/h1-2,5,7-9,11H,3-4,6,10H2. The van der Waals surface area contributed by atoms with Gasteiger partial charge in [0, 0.05) is 16.7 Å². The van der Waals surface area contributed by atoms with E-state index in [-0.39, 0.29) is 11.5 Å². The molecule has 0 saturated heterocycles. The first kappa shape index (κ1) is 14.3. The largest absolute Gasteiger partial charge is 0.308 e. The molecular formula is C17H15BrFNO. The van der Waals surface area contributed by atoms with E-state index in [0.717, 1.165) is 30.5 Å². The van der Waals surface area contributed by atoms with Crippen LogP contribution in [0.5, 0.6) is 0 Å². The summed E-state index contributed by atoms with van der Waals surface area (Å²) in [6.07, 6.45) is 2.93. The fourth-order valence-corrected chi connectivity index (χ4v) is 3.07. The van der Waals surface area contributed by atoms with Crippen molar-refractivity contribution in [3.63, 3.8) is 0 Å². The zero-order valence-corrected chi connectivity index (χ0v) is 13.1. The van der Waals surface area contributed by atoms with E-state index in [1.807, 2.05) is 24.3 Å². The van der Waals surface area contributed by atoms with Crippen LogP contribution in [0.4, 0.5) is 10.1 Å². The third-order valence-corrected chi connectivity index (χ3v) is 4.26. The van der Waals surface area contributed by atoms with Crippen LogP contribution in [0, 0.1) is 5.82 Å². The predicted molar refractivity (Wildman–Crippen MR) is 85.2 cm³/mol. The molecule has 21 heavy (non-hydrogen) atoms. The molecule has 0 unspecified atom stereocenters. The van der Waals surface area contributed by atoms with Crippen LogP contribution >= 0.6 is 15.9 Å². The second kappa shape index (κ2) is 5.98. The lowest BCUT2D eigenvalue weighted by atomic mass is 10.1. The van der Waals surface area contributed by atoms with Crippen LogP contribution in [0.2, 0.25) is 0 Å². The lowest BCUT2D eigenvalue weighted by Crippen LogP contribution is -2.32. The molecule has 0 aromatic heterocycles. The van der Waals surface area contributed by atoms with Crippen molar-refractivity contribution in [2.45, 2.75) is 19.3 Å². The number of rotatable bonds is 1. The first-order valence-corrected chi connectivity index (χ1v) is 7.81. The molecule has 108 valence electrons. The van der Waals surface area contributed by atoms with Gasteiger partial charge in [-0.15, -0.1) is 0 Å². The van der Waals surface area contributed by atoms with Crippen molar-refractivity contribution in [1.29, 1.82) is 0 Å². The van der Waals surface area contributed by atoms with Crippen molar-refractivity contribution in [3.8, 4) is 0 Å². The van der Waals surface area contributed by atoms with E-state index in [4.69, 9.17) is 0 Å². The molecule has 1 aliphatic heterocycles. The number of amides is 1. The maximum absolute atomic E-state index is 14.0. The highest BCUT2D eigenvalue weighted by atomic mass is 79.9. The van der Waals surface area contributed by atoms with E-state index < -0.39 is 5.82 Å². The fraction of sp³-hybridized carbons (Fsp3) is 0.235. The number of para-hydroxylation sites is 1. The quantitative estimate of drug-likeness (QED) is 0.739. The number of carbonyl (C=O) groups excluding carboxylic acids is 1. The average molecular weight is 348 g/mol. The summed E-state index contributed by atoms with van der Waals surface area (Å²) in [4.78, 5) is 14.5. The number of fused-ring (bicyclic) bond motifs is 1. The molecule has 4 heteroatoms. The van der Waals surface area contributed by atoms with Gasteiger partial charge in [-0.05, 0) is 49.1 Å². The second-order valence-corrected chi connectivity index (χ2v) is 6.08. The molecule has 0 aliphatic carbocycles. The molecule has 0 radical (unpaired) electrons. The van der Waals surface area contributed by atoms with Crippen LogP contribution in [0.25, 0.3) is 0 Å². The van der Waals surface area contributed by atoms with Gasteiger partial charge >= 0.3 is 0 Å². The summed E-state index contributed by atoms with van der Waals surface area (Å²) in [6.45, 7) is 0.627. The van der Waals surface area contributed by atoms with E-state index in [0.29, 0.717) is 11.0 Å². The second-order valence-electron chi connectivity index (χ2n) is 5.17. The van der Waals surface area contributed by atoms with Crippen LogP contribution in [-0.4, -0.2) is 12.5 Å². The highest BCUT2D eigenvalue weighted by Crippen LogP contribution is 2.28. The molecule has 1 heterocycles. The summed E-state index contributed by atoms with van der Waals surface area (Å²) in [7, 11) is 0. The topological polar surface area (TPSA) is 20.3 Å². The average Bonchev–Trinajstić information content (AvgIpc) is 2.71. The summed E-state index contributed by atoms with van der Waals surface area (Å²) in [5.41, 5.74) is 2.17. The number of anilines is 1. The molecule has 0 spiro atoms. The SMILES string of the molecule is O=C(c1cc(Br)ccc1F)N1CCCCc2ccccc21. The number of halogens is 2. The predicted octanol–water partition coefficient (Wildman–Crippen LogP) is 4.57. The van der Waals surface area contributed by atoms with E-state index in [1.54, 1.807) is 17.0 Å². The third-order valence-electron chi connectivity index (χ3n) is 3.76. The summed E-state index contributed by atoms with van der Waals surface area (Å²) in [5, 5.41) is 0. The molecule has 2 aromatic rings. The van der Waals surface area contributed by atoms with Crippen LogP contribution in [0.1, 0.15) is 28.8 Å². The summed E-state index contributed by atoms with van der Waals surface area (Å²) in [5.74, 6) is -0.756. The van der Waals surface area contributed by atoms with Crippen molar-refractivity contribution in [2.75, 3.05) is 11.4 Å². The third kappa shape index (κ3) is 2.86. The lowest BCUT2D eigenvalue weighted by Gasteiger charge is -2.23. The summed E-state index contributed by atoms with van der Waals surface area (Å²) < 4.78 is 14.7. The number of benzene rings is 2. The summed E-state index contributed by atoms with van der Waals surface area (Å²) >= 11 is 3.30. The van der Waals surface area contributed by atoms with Gasteiger partial charge in [-0.3, -0.25) is 4.79 Å². The Morgan fingerprint density at radius 1 is 1.14 bits per heavy atom. The molecule has 1 amide bonds. The molecule has 2 nitrogen and oxygen atoms in total. The Morgan fingerprint density at radius 2 is 1.95 bits per heavy atom. The van der Waals surface area contributed by atoms with E-state index in [9.17, 15) is 9.18 Å². The molecule has 0 atom stereocenters. The van der Waals surface area contributed by atoms with Crippen LogP contribution < -0.4 is 4.90 Å². The smallest absolute Gasteiger partial charge is 0.261 e. The van der Waals surface area contributed by atoms with Gasteiger partial charge in [0.25, 0.3) is 5.91 Å². The number of nitrogens with zero attached hydrogens (tertiary/aromatic N) is 1. The number of hydrogen-bond acceptors (Lipinski definition) is 1. The summed E-state index contributed by atoms with van der Waals surface area (Å²) in [6, 6.07) is 12.3. The Morgan fingerprint density at radius 3 is 2.81 bits per heavy atom. The van der Waals surface area contributed by atoms with Gasteiger partial charge in [-0.1, -0.05) is 34.1 Å². The van der Waals surface area contributed by atoms with Crippen molar-refractivity contribution < 1.29 is 9.18 Å². The van der Waals surface area contributed by atoms with Gasteiger partial charge < -0.3 is 4.90 Å². The van der Waals surface area contributed by atoms with Crippen molar-refractivity contribution in [3.05, 3.63) is 63.9 Å². The Kier molecular flexibility index (Phi) is 4.06. The van der Waals surface area contributed by atoms with Gasteiger partial charge in [0.1, 0.15) is 5.82 Å². The molecule has 1 aliphatic rings. The highest BCUT2D eigenvalue weighted by molar-refractivity contribution is 9.10. The van der Waals surface area contributed by atoms with Gasteiger partial charge in [0.15, 0.2) is 0 Å². The van der Waals surface area contributed by atoms with Crippen LogP contribution in [-0.2, 0) is 6.42 Å². The Balaban J connectivity index is 2.03. The minimum absolute atomic E-state index is 0.112. The van der Waals surface area contributed by atoms with Gasteiger partial charge in [0.2, 0.25) is 0 Å². The van der Waals surface area contributed by atoms with E-state index in [2.05, 4.69) is 15.9 Å². The number of carbonyl (C=O) groups is 1. The molecule has 0 saturated carbocycles. The molecular weight excluding hydrogens is 333 g/mol. The van der Waals surface area contributed by atoms with E-state index in [1.165, 1.54) is 6.07 Å². The normalized spacial score (nSPS) is 14.5. The van der Waals surface area contributed by atoms with Crippen molar-refractivity contribution >= 4 is 27.5 Å². The van der Waals surface area contributed by atoms with Crippen LogP contribution in [0.15, 0.2) is 46.9 Å². The Bertz CT molecular complexity index is 686. The van der Waals surface area contributed by atoms with Crippen molar-refractivity contribution in [1.82, 2.24) is 0 Å². The minimum atomic E-state index is -0.482. The number of hydrogen-bond donors (Lipinski definition) is 0. The molecule has 0 N–H and O–H groups in total. The monoisotopic (exact) mass is 347 g/mol. The first-order valence-electron chi connectivity index (χ1n) is 7.01. The maximum Gasteiger partial charge on any atom is 0.261 e. The molecule has 0 bridgehead atoms. The fourth-order valence-electron chi connectivity index (χ4n) is 2.71. The molecule has 2 aromatic carbocycles.